The van der Waals surface area contributed by atoms with E-state index in [1.54, 1.807) is 43.2 Å². The predicted octanol–water partition coefficient (Wildman–Crippen LogP) is 4.53. The van der Waals surface area contributed by atoms with Crippen LogP contribution >= 0.6 is 27.5 Å². The summed E-state index contributed by atoms with van der Waals surface area (Å²) in [6.45, 7) is 0.104. The molecule has 4 aromatic rings. The molecule has 0 bridgehead atoms. The van der Waals surface area contributed by atoms with Crippen molar-refractivity contribution < 1.29 is 13.6 Å². The number of nitrogens with one attached hydrogen (secondary N) is 2. The van der Waals surface area contributed by atoms with Crippen molar-refractivity contribution in [3.63, 3.8) is 0 Å². The summed E-state index contributed by atoms with van der Waals surface area (Å²) < 4.78 is 30.2. The molecule has 1 aromatic carbocycles. The minimum Gasteiger partial charge on any atom is -0.355 e. The van der Waals surface area contributed by atoms with E-state index in [2.05, 4.69) is 36.4 Å². The molecule has 3 heterocycles. The zero-order valence-corrected chi connectivity index (χ0v) is 18.2. The fraction of sp³-hybridized carbons (Fsp3) is 0.211. The van der Waals surface area contributed by atoms with E-state index in [0.29, 0.717) is 37.7 Å². The SMILES string of the molecule is CNC(=O)c1cc(Cl)cc2cc(-c3cc(Br)nn3Cc3cn(C)nc3C(F)F)[nH]c12. The summed E-state index contributed by atoms with van der Waals surface area (Å²) in [5.41, 5.74) is 2.44. The molecule has 11 heteroatoms. The van der Waals surface area contributed by atoms with Crippen molar-refractivity contribution >= 4 is 44.3 Å². The van der Waals surface area contributed by atoms with Gasteiger partial charge in [-0.3, -0.25) is 14.2 Å². The van der Waals surface area contributed by atoms with Crippen molar-refractivity contribution in [2.45, 2.75) is 13.0 Å². The highest BCUT2D eigenvalue weighted by Crippen LogP contribution is 2.31. The van der Waals surface area contributed by atoms with Crippen LogP contribution in [0.3, 0.4) is 0 Å². The third-order valence-corrected chi connectivity index (χ3v) is 5.26. The first-order valence-corrected chi connectivity index (χ1v) is 10.0. The Hall–Kier alpha value is -2.72. The number of fused-ring (bicyclic) bond motifs is 1. The molecule has 0 fully saturated rings. The van der Waals surface area contributed by atoms with Crippen LogP contribution in [0.25, 0.3) is 22.3 Å². The van der Waals surface area contributed by atoms with Crippen LogP contribution in [-0.2, 0) is 13.6 Å². The molecule has 0 saturated carbocycles. The molecular weight excluding hydrogens is 482 g/mol. The molecule has 2 N–H and O–H groups in total. The first kappa shape index (κ1) is 20.5. The van der Waals surface area contributed by atoms with Crippen molar-refractivity contribution in [3.8, 4) is 11.4 Å². The molecule has 0 aliphatic rings. The Kier molecular flexibility index (Phi) is 5.37. The van der Waals surface area contributed by atoms with Crippen molar-refractivity contribution in [2.75, 3.05) is 7.05 Å². The van der Waals surface area contributed by atoms with Crippen LogP contribution in [0.5, 0.6) is 0 Å². The number of hydrogen-bond donors (Lipinski definition) is 2. The Morgan fingerprint density at radius 2 is 2.07 bits per heavy atom. The molecule has 1 amide bonds. The number of carbonyl (C=O) groups is 1. The number of nitrogens with zero attached hydrogens (tertiary/aromatic N) is 4. The van der Waals surface area contributed by atoms with Gasteiger partial charge in [0.25, 0.3) is 12.3 Å². The van der Waals surface area contributed by atoms with Crippen LogP contribution in [0.4, 0.5) is 8.78 Å². The molecule has 0 unspecified atom stereocenters. The maximum Gasteiger partial charge on any atom is 0.282 e. The zero-order chi connectivity index (χ0) is 21.6. The van der Waals surface area contributed by atoms with Gasteiger partial charge >= 0.3 is 0 Å². The molecule has 30 heavy (non-hydrogen) atoms. The van der Waals surface area contributed by atoms with Gasteiger partial charge in [0.05, 0.1) is 29.0 Å². The number of amides is 1. The lowest BCUT2D eigenvalue weighted by Gasteiger charge is -2.06. The molecule has 0 aliphatic heterocycles. The summed E-state index contributed by atoms with van der Waals surface area (Å²) in [5.74, 6) is -0.275. The molecular formula is C19H16BrClF2N6O. The number of benzene rings is 1. The van der Waals surface area contributed by atoms with E-state index >= 15 is 0 Å². The normalized spacial score (nSPS) is 11.6. The van der Waals surface area contributed by atoms with E-state index in [4.69, 9.17) is 11.6 Å². The summed E-state index contributed by atoms with van der Waals surface area (Å²) in [5, 5.41) is 12.0. The van der Waals surface area contributed by atoms with E-state index in [1.165, 1.54) is 4.68 Å². The monoisotopic (exact) mass is 496 g/mol. The molecule has 0 saturated heterocycles. The number of aromatic amines is 1. The van der Waals surface area contributed by atoms with Crippen LogP contribution < -0.4 is 5.32 Å². The standard InChI is InChI=1S/C19H16BrClF2N6O/c1-24-19(30)12-5-11(21)3-9-4-13(25-16(9)12)14-6-15(20)26-29(14)8-10-7-28(2)27-17(10)18(22)23/h3-7,18,25H,8H2,1-2H3,(H,24,30). The van der Waals surface area contributed by atoms with Gasteiger partial charge in [-0.15, -0.1) is 0 Å². The molecule has 4 rings (SSSR count). The Balaban J connectivity index is 1.81. The number of halogens is 4. The fourth-order valence-electron chi connectivity index (χ4n) is 3.40. The van der Waals surface area contributed by atoms with Gasteiger partial charge in [0, 0.05) is 42.3 Å². The molecule has 0 radical (unpaired) electrons. The molecule has 0 spiro atoms. The van der Waals surface area contributed by atoms with Gasteiger partial charge in [0.15, 0.2) is 0 Å². The van der Waals surface area contributed by atoms with Gasteiger partial charge in [0.1, 0.15) is 10.3 Å². The van der Waals surface area contributed by atoms with E-state index < -0.39 is 6.43 Å². The van der Waals surface area contributed by atoms with E-state index in [-0.39, 0.29) is 18.1 Å². The third kappa shape index (κ3) is 3.72. The van der Waals surface area contributed by atoms with Crippen LogP contribution in [0, 0.1) is 0 Å². The Morgan fingerprint density at radius 1 is 1.30 bits per heavy atom. The highest BCUT2D eigenvalue weighted by atomic mass is 79.9. The second-order valence-electron chi connectivity index (χ2n) is 6.70. The highest BCUT2D eigenvalue weighted by Gasteiger charge is 2.21. The molecule has 7 nitrogen and oxygen atoms in total. The van der Waals surface area contributed by atoms with Crippen molar-refractivity contribution in [3.05, 3.63) is 56.9 Å². The zero-order valence-electron chi connectivity index (χ0n) is 15.9. The summed E-state index contributed by atoms with van der Waals surface area (Å²) in [7, 11) is 3.14. The van der Waals surface area contributed by atoms with Gasteiger partial charge in [-0.2, -0.15) is 10.2 Å². The number of rotatable bonds is 5. The average molecular weight is 498 g/mol. The lowest BCUT2D eigenvalue weighted by molar-refractivity contribution is 0.0964. The summed E-state index contributed by atoms with van der Waals surface area (Å²) in [6.07, 6.45) is -1.14. The second kappa shape index (κ2) is 7.84. The van der Waals surface area contributed by atoms with Gasteiger partial charge in [-0.1, -0.05) is 11.6 Å². The van der Waals surface area contributed by atoms with Crippen molar-refractivity contribution in [1.82, 2.24) is 29.9 Å². The first-order chi connectivity index (χ1) is 14.3. The maximum atomic E-state index is 13.3. The van der Waals surface area contributed by atoms with Crippen molar-refractivity contribution in [2.24, 2.45) is 7.05 Å². The average Bonchev–Trinajstić information content (AvgIpc) is 3.37. The lowest BCUT2D eigenvalue weighted by Crippen LogP contribution is -2.18. The molecule has 0 aliphatic carbocycles. The largest absolute Gasteiger partial charge is 0.355 e. The van der Waals surface area contributed by atoms with Gasteiger partial charge in [-0.25, -0.2) is 8.78 Å². The van der Waals surface area contributed by atoms with Crippen molar-refractivity contribution in [1.29, 1.82) is 0 Å². The number of aromatic nitrogens is 5. The smallest absolute Gasteiger partial charge is 0.282 e. The Morgan fingerprint density at radius 3 is 2.77 bits per heavy atom. The number of H-pyrrole nitrogens is 1. The third-order valence-electron chi connectivity index (χ3n) is 4.65. The lowest BCUT2D eigenvalue weighted by atomic mass is 10.1. The topological polar surface area (TPSA) is 80.5 Å². The number of hydrogen-bond acceptors (Lipinski definition) is 3. The van der Waals surface area contributed by atoms with Gasteiger partial charge in [0.2, 0.25) is 0 Å². The van der Waals surface area contributed by atoms with Gasteiger partial charge < -0.3 is 10.3 Å². The quantitative estimate of drug-likeness (QED) is 0.425. The highest BCUT2D eigenvalue weighted by molar-refractivity contribution is 9.10. The molecule has 3 aromatic heterocycles. The van der Waals surface area contributed by atoms with E-state index in [1.807, 2.05) is 6.07 Å². The summed E-state index contributed by atoms with van der Waals surface area (Å²) in [6, 6.07) is 6.94. The van der Waals surface area contributed by atoms with E-state index in [9.17, 15) is 13.6 Å². The van der Waals surface area contributed by atoms with Crippen LogP contribution in [0.2, 0.25) is 5.02 Å². The molecule has 0 atom stereocenters. The maximum absolute atomic E-state index is 13.3. The van der Waals surface area contributed by atoms with E-state index in [0.717, 1.165) is 5.39 Å². The summed E-state index contributed by atoms with van der Waals surface area (Å²) in [4.78, 5) is 15.5. The number of carbonyl (C=O) groups excluding carboxylic acids is 1. The van der Waals surface area contributed by atoms with Gasteiger partial charge in [-0.05, 0) is 34.1 Å². The Labute approximate surface area is 183 Å². The predicted molar refractivity (Wildman–Crippen MR) is 113 cm³/mol. The minimum atomic E-state index is -2.69. The van der Waals surface area contributed by atoms with Crippen LogP contribution in [0.15, 0.2) is 35.1 Å². The minimum absolute atomic E-state index is 0.104. The Bertz CT molecular complexity index is 1260. The second-order valence-corrected chi connectivity index (χ2v) is 7.95. The molecule has 156 valence electrons. The summed E-state index contributed by atoms with van der Waals surface area (Å²) >= 11 is 9.52. The fourth-order valence-corrected chi connectivity index (χ4v) is 4.04. The number of aryl methyl sites for hydroxylation is 1. The van der Waals surface area contributed by atoms with Crippen LogP contribution in [-0.4, -0.2) is 37.5 Å². The first-order valence-electron chi connectivity index (χ1n) is 8.85. The number of alkyl halides is 2. The van der Waals surface area contributed by atoms with Crippen LogP contribution in [0.1, 0.15) is 28.0 Å².